The lowest BCUT2D eigenvalue weighted by molar-refractivity contribution is 0.102. The van der Waals surface area contributed by atoms with Gasteiger partial charge in [0.2, 0.25) is 0 Å². The zero-order chi connectivity index (χ0) is 15.4. The third kappa shape index (κ3) is 3.55. The molecule has 2 aromatic heterocycles. The Morgan fingerprint density at radius 3 is 2.81 bits per heavy atom. The molecular formula is C14H17FN4OS. The fraction of sp³-hybridized carbons (Fsp3) is 0.357. The van der Waals surface area contributed by atoms with E-state index in [0.29, 0.717) is 11.7 Å². The smallest absolute Gasteiger partial charge is 0.260 e. The largest absolute Gasteiger partial charge is 0.368 e. The van der Waals surface area contributed by atoms with Gasteiger partial charge in [-0.1, -0.05) is 6.92 Å². The lowest BCUT2D eigenvalue weighted by Crippen LogP contribution is -2.16. The summed E-state index contributed by atoms with van der Waals surface area (Å²) < 4.78 is 14.2. The van der Waals surface area contributed by atoms with Gasteiger partial charge in [0.05, 0.1) is 11.3 Å². The summed E-state index contributed by atoms with van der Waals surface area (Å²) in [5, 5.41) is 5.94. The quantitative estimate of drug-likeness (QED) is 0.888. The minimum atomic E-state index is -0.645. The van der Waals surface area contributed by atoms with Crippen LogP contribution in [0.1, 0.15) is 34.3 Å². The van der Waals surface area contributed by atoms with Crippen LogP contribution in [-0.2, 0) is 0 Å². The van der Waals surface area contributed by atoms with Crippen LogP contribution in [0.4, 0.5) is 15.3 Å². The van der Waals surface area contributed by atoms with Crippen molar-refractivity contribution >= 4 is 28.2 Å². The predicted molar refractivity (Wildman–Crippen MR) is 82.5 cm³/mol. The van der Waals surface area contributed by atoms with Crippen molar-refractivity contribution in [1.82, 2.24) is 9.97 Å². The number of halogens is 1. The Hall–Kier alpha value is -2.02. The number of nitrogens with zero attached hydrogens (tertiary/aromatic N) is 2. The van der Waals surface area contributed by atoms with Crippen LogP contribution in [0.25, 0.3) is 0 Å². The number of anilines is 2. The maximum atomic E-state index is 14.2. The summed E-state index contributed by atoms with van der Waals surface area (Å²) in [7, 11) is 0. The second kappa shape index (κ2) is 6.62. The highest BCUT2D eigenvalue weighted by Gasteiger charge is 2.17. The second-order valence-electron chi connectivity index (χ2n) is 4.56. The molecule has 0 aliphatic heterocycles. The molecule has 0 aromatic carbocycles. The van der Waals surface area contributed by atoms with E-state index in [1.54, 1.807) is 0 Å². The number of aromatic nitrogens is 2. The molecule has 0 radical (unpaired) electrons. The van der Waals surface area contributed by atoms with Gasteiger partial charge in [-0.25, -0.2) is 14.4 Å². The van der Waals surface area contributed by atoms with Gasteiger partial charge in [-0.15, -0.1) is 11.3 Å². The molecule has 112 valence electrons. The molecule has 0 unspecified atom stereocenters. The first-order valence-corrected chi connectivity index (χ1v) is 7.48. The summed E-state index contributed by atoms with van der Waals surface area (Å²) in [5.74, 6) is -1.08. The number of thiazole rings is 1. The van der Waals surface area contributed by atoms with Crippen molar-refractivity contribution in [2.24, 2.45) is 0 Å². The zero-order valence-corrected chi connectivity index (χ0v) is 13.0. The maximum absolute atomic E-state index is 14.2. The highest BCUT2D eigenvalue weighted by molar-refractivity contribution is 7.15. The van der Waals surface area contributed by atoms with Crippen molar-refractivity contribution in [1.29, 1.82) is 0 Å². The Labute approximate surface area is 126 Å². The molecule has 0 saturated carbocycles. The number of nitrogens with one attached hydrogen (secondary N) is 2. The van der Waals surface area contributed by atoms with Crippen LogP contribution in [0.5, 0.6) is 0 Å². The first kappa shape index (κ1) is 15.4. The van der Waals surface area contributed by atoms with E-state index in [0.717, 1.165) is 17.0 Å². The lowest BCUT2D eigenvalue weighted by atomic mass is 10.2. The van der Waals surface area contributed by atoms with Gasteiger partial charge >= 0.3 is 0 Å². The van der Waals surface area contributed by atoms with Gasteiger partial charge in [-0.05, 0) is 26.3 Å². The number of carbonyl (C=O) groups excluding carboxylic acids is 1. The van der Waals surface area contributed by atoms with Crippen molar-refractivity contribution < 1.29 is 9.18 Å². The van der Waals surface area contributed by atoms with Gasteiger partial charge in [-0.3, -0.25) is 10.1 Å². The molecule has 0 fully saturated rings. The normalized spacial score (nSPS) is 10.5. The molecule has 2 N–H and O–H groups in total. The summed E-state index contributed by atoms with van der Waals surface area (Å²) in [6.07, 6.45) is 2.25. The molecule has 1 amide bonds. The third-order valence-electron chi connectivity index (χ3n) is 2.93. The molecule has 0 atom stereocenters. The Balaban J connectivity index is 2.19. The first-order chi connectivity index (χ1) is 10.0. The highest BCUT2D eigenvalue weighted by atomic mass is 32.1. The van der Waals surface area contributed by atoms with Crippen LogP contribution in [0.2, 0.25) is 0 Å². The standard InChI is InChI=1S/C14H17FN4OS/c1-4-6-16-12-11(15)10(5-7-17-12)13(20)19-14-18-8(2)9(3)21-14/h5,7H,4,6H2,1-3H3,(H,16,17)(H,18,19,20). The van der Waals surface area contributed by atoms with Crippen molar-refractivity contribution in [2.75, 3.05) is 17.2 Å². The summed E-state index contributed by atoms with van der Waals surface area (Å²) in [6, 6.07) is 1.36. The first-order valence-electron chi connectivity index (χ1n) is 6.66. The molecule has 0 aliphatic rings. The van der Waals surface area contributed by atoms with Gasteiger partial charge in [0.25, 0.3) is 5.91 Å². The van der Waals surface area contributed by atoms with Crippen molar-refractivity contribution in [3.63, 3.8) is 0 Å². The number of carbonyl (C=O) groups is 1. The van der Waals surface area contributed by atoms with E-state index in [-0.39, 0.29) is 11.4 Å². The molecule has 2 aromatic rings. The van der Waals surface area contributed by atoms with Crippen molar-refractivity contribution in [3.05, 3.63) is 34.2 Å². The lowest BCUT2D eigenvalue weighted by Gasteiger charge is -2.08. The van der Waals surface area contributed by atoms with Crippen LogP contribution < -0.4 is 10.6 Å². The van der Waals surface area contributed by atoms with E-state index in [4.69, 9.17) is 0 Å². The average molecular weight is 308 g/mol. The molecule has 0 spiro atoms. The second-order valence-corrected chi connectivity index (χ2v) is 5.77. The Morgan fingerprint density at radius 2 is 2.19 bits per heavy atom. The van der Waals surface area contributed by atoms with Crippen LogP contribution in [-0.4, -0.2) is 22.4 Å². The van der Waals surface area contributed by atoms with Crippen LogP contribution in [0.3, 0.4) is 0 Å². The summed E-state index contributed by atoms with van der Waals surface area (Å²) >= 11 is 1.36. The number of pyridine rings is 1. The number of hydrogen-bond donors (Lipinski definition) is 2. The molecule has 5 nitrogen and oxygen atoms in total. The van der Waals surface area contributed by atoms with E-state index in [9.17, 15) is 9.18 Å². The van der Waals surface area contributed by atoms with Gasteiger partial charge < -0.3 is 5.32 Å². The van der Waals surface area contributed by atoms with E-state index in [1.807, 2.05) is 20.8 Å². The summed E-state index contributed by atoms with van der Waals surface area (Å²) in [6.45, 7) is 6.35. The molecule has 21 heavy (non-hydrogen) atoms. The van der Waals surface area contributed by atoms with Gasteiger partial charge in [0, 0.05) is 17.6 Å². The Morgan fingerprint density at radius 1 is 1.43 bits per heavy atom. The number of amides is 1. The van der Waals surface area contributed by atoms with Crippen molar-refractivity contribution in [2.45, 2.75) is 27.2 Å². The number of rotatable bonds is 5. The van der Waals surface area contributed by atoms with E-state index < -0.39 is 11.7 Å². The van der Waals surface area contributed by atoms with Crippen molar-refractivity contribution in [3.8, 4) is 0 Å². The van der Waals surface area contributed by atoms with E-state index in [1.165, 1.54) is 23.6 Å². The molecule has 2 heterocycles. The molecular weight excluding hydrogens is 291 g/mol. The third-order valence-corrected chi connectivity index (χ3v) is 3.91. The summed E-state index contributed by atoms with van der Waals surface area (Å²) in [5.41, 5.74) is 0.810. The number of hydrogen-bond acceptors (Lipinski definition) is 5. The molecule has 0 aliphatic carbocycles. The highest BCUT2D eigenvalue weighted by Crippen LogP contribution is 2.23. The fourth-order valence-electron chi connectivity index (χ4n) is 1.68. The van der Waals surface area contributed by atoms with E-state index >= 15 is 0 Å². The average Bonchev–Trinajstić information content (AvgIpc) is 2.76. The zero-order valence-electron chi connectivity index (χ0n) is 12.2. The maximum Gasteiger partial charge on any atom is 0.260 e. The Bertz CT molecular complexity index is 637. The SMILES string of the molecule is CCCNc1nccc(C(=O)Nc2nc(C)c(C)s2)c1F. The van der Waals surface area contributed by atoms with Gasteiger partial charge in [-0.2, -0.15) is 0 Å². The molecule has 7 heteroatoms. The van der Waals surface area contributed by atoms with Crippen LogP contribution in [0.15, 0.2) is 12.3 Å². The molecule has 0 bridgehead atoms. The predicted octanol–water partition coefficient (Wildman–Crippen LogP) is 3.37. The van der Waals surface area contributed by atoms with Crippen LogP contribution in [0, 0.1) is 19.7 Å². The minimum Gasteiger partial charge on any atom is -0.368 e. The van der Waals surface area contributed by atoms with Gasteiger partial charge in [0.1, 0.15) is 0 Å². The Kier molecular flexibility index (Phi) is 4.85. The minimum absolute atomic E-state index is 0.0471. The summed E-state index contributed by atoms with van der Waals surface area (Å²) in [4.78, 5) is 21.3. The molecule has 0 saturated heterocycles. The topological polar surface area (TPSA) is 66.9 Å². The van der Waals surface area contributed by atoms with E-state index in [2.05, 4.69) is 20.6 Å². The monoisotopic (exact) mass is 308 g/mol. The van der Waals surface area contributed by atoms with Crippen LogP contribution >= 0.6 is 11.3 Å². The number of aryl methyl sites for hydroxylation is 2. The molecule has 2 rings (SSSR count). The van der Waals surface area contributed by atoms with Gasteiger partial charge in [0.15, 0.2) is 16.8 Å². The fourth-order valence-corrected chi connectivity index (χ4v) is 2.49.